The van der Waals surface area contributed by atoms with Crippen molar-refractivity contribution in [3.05, 3.63) is 107 Å². The fourth-order valence-corrected chi connectivity index (χ4v) is 3.44. The van der Waals surface area contributed by atoms with Crippen molar-refractivity contribution in [2.45, 2.75) is 0 Å². The summed E-state index contributed by atoms with van der Waals surface area (Å²) in [5, 5.41) is 6.07. The van der Waals surface area contributed by atoms with Crippen molar-refractivity contribution in [1.82, 2.24) is 5.43 Å². The highest BCUT2D eigenvalue weighted by Gasteiger charge is 2.12. The van der Waals surface area contributed by atoms with E-state index in [1.807, 2.05) is 36.4 Å². The zero-order valence-corrected chi connectivity index (χ0v) is 18.4. The number of fused-ring (bicyclic) bond motifs is 1. The first kappa shape index (κ1) is 22.0. The number of carbonyl (C=O) groups excluding carboxylic acids is 2. The summed E-state index contributed by atoms with van der Waals surface area (Å²) < 4.78 is 10.5. The van der Waals surface area contributed by atoms with E-state index in [9.17, 15) is 9.59 Å². The van der Waals surface area contributed by atoms with Gasteiger partial charge >= 0.3 is 5.97 Å². The van der Waals surface area contributed by atoms with Crippen molar-refractivity contribution in [1.29, 1.82) is 0 Å². The van der Waals surface area contributed by atoms with Crippen LogP contribution in [0.2, 0.25) is 5.02 Å². The normalized spacial score (nSPS) is 10.8. The zero-order chi connectivity index (χ0) is 23.2. The van der Waals surface area contributed by atoms with Gasteiger partial charge in [0, 0.05) is 5.56 Å². The van der Waals surface area contributed by atoms with Crippen LogP contribution in [0, 0.1) is 0 Å². The Kier molecular flexibility index (Phi) is 6.66. The molecule has 7 heteroatoms. The minimum absolute atomic E-state index is 0.217. The number of carbonyl (C=O) groups is 2. The van der Waals surface area contributed by atoms with E-state index in [2.05, 4.69) is 10.5 Å². The number of methoxy groups -OCH3 is 1. The molecule has 4 rings (SSSR count). The average molecular weight is 459 g/mol. The van der Waals surface area contributed by atoms with Crippen LogP contribution < -0.4 is 14.9 Å². The van der Waals surface area contributed by atoms with Crippen LogP contribution in [0.5, 0.6) is 11.5 Å². The highest BCUT2D eigenvalue weighted by molar-refractivity contribution is 6.32. The summed E-state index contributed by atoms with van der Waals surface area (Å²) in [6.45, 7) is 0. The smallest absolute Gasteiger partial charge is 0.343 e. The zero-order valence-electron chi connectivity index (χ0n) is 17.6. The molecule has 0 atom stereocenters. The Balaban J connectivity index is 1.41. The third kappa shape index (κ3) is 5.19. The molecule has 0 aliphatic carbocycles. The summed E-state index contributed by atoms with van der Waals surface area (Å²) in [5.41, 5.74) is 4.06. The summed E-state index contributed by atoms with van der Waals surface area (Å²) in [6, 6.07) is 24.5. The predicted octanol–water partition coefficient (Wildman–Crippen LogP) is 5.48. The van der Waals surface area contributed by atoms with Gasteiger partial charge in [0.05, 0.1) is 23.9 Å². The second-order valence-electron chi connectivity index (χ2n) is 7.03. The highest BCUT2D eigenvalue weighted by atomic mass is 35.5. The summed E-state index contributed by atoms with van der Waals surface area (Å²) >= 11 is 6.27. The van der Waals surface area contributed by atoms with Gasteiger partial charge in [0.2, 0.25) is 0 Å². The van der Waals surface area contributed by atoms with Crippen molar-refractivity contribution in [2.24, 2.45) is 5.10 Å². The Morgan fingerprint density at radius 1 is 0.939 bits per heavy atom. The van der Waals surface area contributed by atoms with Crippen LogP contribution in [0.3, 0.4) is 0 Å². The van der Waals surface area contributed by atoms with Gasteiger partial charge in [-0.1, -0.05) is 48.0 Å². The van der Waals surface area contributed by atoms with E-state index in [-0.39, 0.29) is 16.7 Å². The fourth-order valence-electron chi connectivity index (χ4n) is 3.22. The Bertz CT molecular complexity index is 1350. The Morgan fingerprint density at radius 2 is 1.70 bits per heavy atom. The first-order valence-electron chi connectivity index (χ1n) is 10.0. The van der Waals surface area contributed by atoms with Gasteiger partial charge in [-0.05, 0) is 64.9 Å². The quantitative estimate of drug-likeness (QED) is 0.179. The lowest BCUT2D eigenvalue weighted by molar-refractivity contribution is 0.0734. The third-order valence-electron chi connectivity index (χ3n) is 4.90. The van der Waals surface area contributed by atoms with E-state index in [1.165, 1.54) is 6.21 Å². The van der Waals surface area contributed by atoms with Crippen molar-refractivity contribution < 1.29 is 19.1 Å². The average Bonchev–Trinajstić information content (AvgIpc) is 2.85. The molecule has 0 aliphatic heterocycles. The van der Waals surface area contributed by atoms with Gasteiger partial charge in [0.1, 0.15) is 11.5 Å². The maximum absolute atomic E-state index is 12.5. The van der Waals surface area contributed by atoms with Crippen LogP contribution in [-0.2, 0) is 0 Å². The lowest BCUT2D eigenvalue weighted by Gasteiger charge is -2.08. The number of amides is 1. The molecule has 0 aromatic heterocycles. The van der Waals surface area contributed by atoms with Gasteiger partial charge in [-0.25, -0.2) is 10.2 Å². The minimum atomic E-state index is -0.539. The molecule has 1 N–H and O–H groups in total. The van der Waals surface area contributed by atoms with Crippen LogP contribution in [0.25, 0.3) is 10.8 Å². The number of hydrogen-bond acceptors (Lipinski definition) is 5. The number of hydrazone groups is 1. The molecule has 33 heavy (non-hydrogen) atoms. The molecule has 0 radical (unpaired) electrons. The van der Waals surface area contributed by atoms with E-state index in [4.69, 9.17) is 21.1 Å². The molecule has 0 fully saturated rings. The van der Waals surface area contributed by atoms with Crippen molar-refractivity contribution in [3.8, 4) is 11.5 Å². The first-order chi connectivity index (χ1) is 16.0. The summed E-state index contributed by atoms with van der Waals surface area (Å²) in [4.78, 5) is 24.9. The Hall–Kier alpha value is -4.16. The number of nitrogens with one attached hydrogen (secondary N) is 1. The standard InChI is InChI=1S/C26H19ClN2O4/c1-32-20-12-10-19(11-13-20)26(31)33-24-14-9-17(15-23(24)27)16-28-29-25(30)22-8-4-6-18-5-2-3-7-21(18)22/h2-16H,1H3,(H,29,30)/b28-16-. The lowest BCUT2D eigenvalue weighted by Crippen LogP contribution is -2.17. The molecule has 0 bridgehead atoms. The second-order valence-corrected chi connectivity index (χ2v) is 7.44. The molecular formula is C26H19ClN2O4. The van der Waals surface area contributed by atoms with Crippen LogP contribution in [0.15, 0.2) is 90.0 Å². The molecule has 0 spiro atoms. The van der Waals surface area contributed by atoms with Gasteiger partial charge in [0.25, 0.3) is 5.91 Å². The summed E-state index contributed by atoms with van der Waals surface area (Å²) in [7, 11) is 1.55. The van der Waals surface area contributed by atoms with Gasteiger partial charge in [-0.2, -0.15) is 5.10 Å². The Morgan fingerprint density at radius 3 is 2.45 bits per heavy atom. The van der Waals surface area contributed by atoms with Gasteiger partial charge < -0.3 is 9.47 Å². The number of esters is 1. The Labute approximate surface area is 195 Å². The number of ether oxygens (including phenoxy) is 2. The topological polar surface area (TPSA) is 77.0 Å². The molecule has 0 unspecified atom stereocenters. The predicted molar refractivity (Wildman–Crippen MR) is 128 cm³/mol. The SMILES string of the molecule is COc1ccc(C(=O)Oc2ccc(/C=N\NC(=O)c3cccc4ccccc34)cc2Cl)cc1. The molecule has 164 valence electrons. The second kappa shape index (κ2) is 9.97. The molecule has 6 nitrogen and oxygen atoms in total. The molecule has 0 heterocycles. The molecule has 0 saturated heterocycles. The first-order valence-corrected chi connectivity index (χ1v) is 10.4. The number of hydrogen-bond donors (Lipinski definition) is 1. The third-order valence-corrected chi connectivity index (χ3v) is 5.19. The number of benzene rings is 4. The summed E-state index contributed by atoms with van der Waals surface area (Å²) in [6.07, 6.45) is 1.46. The number of halogens is 1. The molecule has 0 saturated carbocycles. The van der Waals surface area contributed by atoms with Crippen LogP contribution in [0.4, 0.5) is 0 Å². The molecule has 4 aromatic rings. The van der Waals surface area contributed by atoms with E-state index in [1.54, 1.807) is 55.6 Å². The largest absolute Gasteiger partial charge is 0.497 e. The fraction of sp³-hybridized carbons (Fsp3) is 0.0385. The lowest BCUT2D eigenvalue weighted by atomic mass is 10.0. The maximum Gasteiger partial charge on any atom is 0.343 e. The number of nitrogens with zero attached hydrogens (tertiary/aromatic N) is 1. The van der Waals surface area contributed by atoms with Crippen LogP contribution in [-0.4, -0.2) is 25.2 Å². The van der Waals surface area contributed by atoms with Crippen molar-refractivity contribution in [3.63, 3.8) is 0 Å². The number of rotatable bonds is 6. The van der Waals surface area contributed by atoms with E-state index < -0.39 is 5.97 Å². The monoisotopic (exact) mass is 458 g/mol. The maximum atomic E-state index is 12.5. The van der Waals surface area contributed by atoms with Gasteiger partial charge in [0.15, 0.2) is 0 Å². The molecule has 0 aliphatic rings. The van der Waals surface area contributed by atoms with Crippen LogP contribution >= 0.6 is 11.6 Å². The van der Waals surface area contributed by atoms with E-state index >= 15 is 0 Å². The van der Waals surface area contributed by atoms with Crippen molar-refractivity contribution in [2.75, 3.05) is 7.11 Å². The minimum Gasteiger partial charge on any atom is -0.497 e. The van der Waals surface area contributed by atoms with Crippen LogP contribution in [0.1, 0.15) is 26.3 Å². The van der Waals surface area contributed by atoms with Gasteiger partial charge in [-0.15, -0.1) is 0 Å². The van der Waals surface area contributed by atoms with E-state index in [0.29, 0.717) is 22.4 Å². The van der Waals surface area contributed by atoms with Crippen molar-refractivity contribution >= 4 is 40.5 Å². The molecule has 4 aromatic carbocycles. The summed E-state index contributed by atoms with van der Waals surface area (Å²) in [5.74, 6) is -0.00213. The van der Waals surface area contributed by atoms with Gasteiger partial charge in [-0.3, -0.25) is 4.79 Å². The molecular weight excluding hydrogens is 440 g/mol. The van der Waals surface area contributed by atoms with E-state index in [0.717, 1.165) is 10.8 Å². The highest BCUT2D eigenvalue weighted by Crippen LogP contribution is 2.26. The molecule has 1 amide bonds.